The minimum Gasteiger partial charge on any atom is -0.508 e. The van der Waals surface area contributed by atoms with E-state index in [1.54, 1.807) is 24.3 Å². The van der Waals surface area contributed by atoms with Crippen LogP contribution in [0.4, 0.5) is 0 Å². The summed E-state index contributed by atoms with van der Waals surface area (Å²) in [4.78, 5) is 23.5. The maximum atomic E-state index is 11.8. The zero-order chi connectivity index (χ0) is 24.0. The summed E-state index contributed by atoms with van der Waals surface area (Å²) in [6.45, 7) is 1.93. The van der Waals surface area contributed by atoms with Crippen LogP contribution in [0.25, 0.3) is 43.5 Å². The zero-order valence-electron chi connectivity index (χ0n) is 17.9. The fraction of sp³-hybridized carbons (Fsp3) is 0.0370. The van der Waals surface area contributed by atoms with Crippen LogP contribution in [0.1, 0.15) is 5.56 Å². The predicted octanol–water partition coefficient (Wildman–Crippen LogP) is 5.32. The number of benzene rings is 4. The van der Waals surface area contributed by atoms with Gasteiger partial charge in [0.1, 0.15) is 28.4 Å². The first kappa shape index (κ1) is 21.1. The molecule has 0 atom stereocenters. The van der Waals surface area contributed by atoms with Gasteiger partial charge in [-0.15, -0.1) is 0 Å². The number of phenolic OH excluding ortho intramolecular Hbond substituents is 3. The summed E-state index contributed by atoms with van der Waals surface area (Å²) in [5.74, 6) is 0.147. The molecule has 4 aromatic carbocycles. The van der Waals surface area contributed by atoms with Gasteiger partial charge in [0, 0.05) is 28.3 Å². The van der Waals surface area contributed by atoms with E-state index in [1.165, 1.54) is 30.3 Å². The molecular formula is C27H18O7. The molecule has 0 aliphatic heterocycles. The van der Waals surface area contributed by atoms with E-state index in [1.807, 2.05) is 25.1 Å². The molecule has 0 aliphatic rings. The molecule has 3 N–H and O–H groups in total. The van der Waals surface area contributed by atoms with E-state index in [0.717, 1.165) is 21.7 Å². The lowest BCUT2D eigenvalue weighted by molar-refractivity contribution is 0.472. The highest BCUT2D eigenvalue weighted by atomic mass is 16.4. The minimum atomic E-state index is -0.533. The Bertz CT molecular complexity index is 1710. The Hall–Kier alpha value is -4.78. The fourth-order valence-electron chi connectivity index (χ4n) is 3.94. The van der Waals surface area contributed by atoms with Crippen molar-refractivity contribution in [2.75, 3.05) is 0 Å². The van der Waals surface area contributed by atoms with Crippen LogP contribution >= 0.6 is 0 Å². The van der Waals surface area contributed by atoms with Crippen molar-refractivity contribution in [3.63, 3.8) is 0 Å². The van der Waals surface area contributed by atoms with E-state index < -0.39 is 5.63 Å². The van der Waals surface area contributed by atoms with Crippen LogP contribution in [0.3, 0.4) is 0 Å². The third kappa shape index (κ3) is 3.69. The van der Waals surface area contributed by atoms with Crippen LogP contribution in [-0.4, -0.2) is 15.3 Å². The summed E-state index contributed by atoms with van der Waals surface area (Å²) in [5, 5.41) is 32.0. The van der Waals surface area contributed by atoms with E-state index in [4.69, 9.17) is 8.83 Å². The van der Waals surface area contributed by atoms with E-state index >= 15 is 0 Å². The summed E-state index contributed by atoms with van der Waals surface area (Å²) in [5.41, 5.74) is 0.846. The van der Waals surface area contributed by atoms with Gasteiger partial charge in [-0.05, 0) is 60.8 Å². The van der Waals surface area contributed by atoms with E-state index in [0.29, 0.717) is 27.3 Å². The molecule has 0 saturated carbocycles. The van der Waals surface area contributed by atoms with Crippen molar-refractivity contribution in [2.45, 2.75) is 6.92 Å². The normalized spacial score (nSPS) is 11.1. The second-order valence-electron chi connectivity index (χ2n) is 7.92. The second-order valence-corrected chi connectivity index (χ2v) is 7.92. The van der Waals surface area contributed by atoms with Crippen LogP contribution in [0.15, 0.2) is 91.2 Å². The monoisotopic (exact) mass is 454 g/mol. The highest BCUT2D eigenvalue weighted by Gasteiger charge is 2.09. The molecule has 7 heteroatoms. The number of aromatic hydroxyl groups is 3. The van der Waals surface area contributed by atoms with Gasteiger partial charge >= 0.3 is 11.3 Å². The minimum absolute atomic E-state index is 0.0166. The fourth-order valence-corrected chi connectivity index (χ4v) is 3.94. The summed E-state index contributed by atoms with van der Waals surface area (Å²) in [6, 6.07) is 19.6. The van der Waals surface area contributed by atoms with E-state index in [-0.39, 0.29) is 22.9 Å². The lowest BCUT2D eigenvalue weighted by Gasteiger charge is -2.03. The van der Waals surface area contributed by atoms with Gasteiger partial charge < -0.3 is 24.2 Å². The Kier molecular flexibility index (Phi) is 4.94. The third-order valence-electron chi connectivity index (χ3n) is 5.53. The van der Waals surface area contributed by atoms with Crippen LogP contribution < -0.4 is 11.3 Å². The van der Waals surface area contributed by atoms with Crippen molar-refractivity contribution < 1.29 is 24.2 Å². The molecule has 6 aromatic rings. The molecule has 168 valence electrons. The summed E-state index contributed by atoms with van der Waals surface area (Å²) in [6.07, 6.45) is 0. The van der Waals surface area contributed by atoms with Gasteiger partial charge in [-0.25, -0.2) is 9.59 Å². The molecule has 0 aliphatic carbocycles. The van der Waals surface area contributed by atoms with Gasteiger partial charge in [0.2, 0.25) is 0 Å². The molecule has 6 rings (SSSR count). The molecule has 7 nitrogen and oxygen atoms in total. The largest absolute Gasteiger partial charge is 0.508 e. The first-order valence-electron chi connectivity index (χ1n) is 10.3. The average molecular weight is 454 g/mol. The number of hydrogen-bond donors (Lipinski definition) is 3. The maximum absolute atomic E-state index is 11.8. The van der Waals surface area contributed by atoms with Crippen molar-refractivity contribution in [2.24, 2.45) is 0 Å². The van der Waals surface area contributed by atoms with E-state index in [9.17, 15) is 24.9 Å². The lowest BCUT2D eigenvalue weighted by Crippen LogP contribution is -1.99. The van der Waals surface area contributed by atoms with Crippen LogP contribution in [0.5, 0.6) is 17.2 Å². The molecule has 0 saturated heterocycles. The molecule has 0 bridgehead atoms. The molecular weight excluding hydrogens is 436 g/mol. The number of phenols is 3. The van der Waals surface area contributed by atoms with Gasteiger partial charge in [-0.1, -0.05) is 17.7 Å². The van der Waals surface area contributed by atoms with Crippen molar-refractivity contribution in [1.29, 1.82) is 0 Å². The number of hydrogen-bond acceptors (Lipinski definition) is 7. The predicted molar refractivity (Wildman–Crippen MR) is 130 cm³/mol. The highest BCUT2D eigenvalue weighted by Crippen LogP contribution is 2.28. The Morgan fingerprint density at radius 2 is 0.912 bits per heavy atom. The zero-order valence-corrected chi connectivity index (χ0v) is 17.9. The molecule has 0 amide bonds. The van der Waals surface area contributed by atoms with Crippen LogP contribution in [0, 0.1) is 6.92 Å². The highest BCUT2D eigenvalue weighted by molar-refractivity contribution is 6.05. The van der Waals surface area contributed by atoms with Crippen molar-refractivity contribution >= 4 is 43.5 Å². The Balaban J connectivity index is 0.000000142. The first-order chi connectivity index (χ1) is 16.3. The molecule has 2 heterocycles. The van der Waals surface area contributed by atoms with E-state index in [2.05, 4.69) is 0 Å². The third-order valence-corrected chi connectivity index (χ3v) is 5.53. The van der Waals surface area contributed by atoms with Gasteiger partial charge in [-0.2, -0.15) is 0 Å². The molecule has 0 fully saturated rings. The molecule has 0 spiro atoms. The second kappa shape index (κ2) is 7.97. The summed E-state index contributed by atoms with van der Waals surface area (Å²) >= 11 is 0. The molecule has 34 heavy (non-hydrogen) atoms. The Morgan fingerprint density at radius 1 is 0.500 bits per heavy atom. The summed E-state index contributed by atoms with van der Waals surface area (Å²) < 4.78 is 10.3. The lowest BCUT2D eigenvalue weighted by atomic mass is 10.1. The number of fused-ring (bicyclic) bond motifs is 6. The van der Waals surface area contributed by atoms with Gasteiger partial charge in [0.25, 0.3) is 0 Å². The van der Waals surface area contributed by atoms with Crippen LogP contribution in [-0.2, 0) is 0 Å². The standard InChI is InChI=1S/C14H10O3.C13H8O4/c1-8-2-4-10-11-5-3-9(15)7-13(11)17-14(16)12(10)6-8;14-7-1-3-9-10-4-2-8(15)6-12(10)17-13(16)11(9)5-7/h2-7,15H,1H3;1-6,14-15H. The quantitative estimate of drug-likeness (QED) is 0.210. The van der Waals surface area contributed by atoms with Crippen molar-refractivity contribution in [3.05, 3.63) is 99.2 Å². The van der Waals surface area contributed by atoms with Gasteiger partial charge in [0.15, 0.2) is 0 Å². The summed E-state index contributed by atoms with van der Waals surface area (Å²) in [7, 11) is 0. The maximum Gasteiger partial charge on any atom is 0.344 e. The smallest absolute Gasteiger partial charge is 0.344 e. The van der Waals surface area contributed by atoms with Gasteiger partial charge in [-0.3, -0.25) is 0 Å². The van der Waals surface area contributed by atoms with Crippen molar-refractivity contribution in [3.8, 4) is 17.2 Å². The molecule has 0 radical (unpaired) electrons. The Morgan fingerprint density at radius 3 is 1.44 bits per heavy atom. The van der Waals surface area contributed by atoms with Gasteiger partial charge in [0.05, 0.1) is 10.8 Å². The SMILES string of the molecule is Cc1ccc2c(c1)c(=O)oc1cc(O)ccc12.O=c1oc2cc(O)ccc2c2ccc(O)cc12. The average Bonchev–Trinajstić information content (AvgIpc) is 2.80. The number of rotatable bonds is 0. The van der Waals surface area contributed by atoms with Crippen molar-refractivity contribution in [1.82, 2.24) is 0 Å². The molecule has 2 aromatic heterocycles. The van der Waals surface area contributed by atoms with Crippen LogP contribution in [0.2, 0.25) is 0 Å². The Labute approximate surface area is 191 Å². The first-order valence-corrected chi connectivity index (χ1v) is 10.3. The topological polar surface area (TPSA) is 121 Å². The number of aryl methyl sites for hydroxylation is 1. The molecule has 0 unspecified atom stereocenters.